The third-order valence-electron chi connectivity index (χ3n) is 2.09. The summed E-state index contributed by atoms with van der Waals surface area (Å²) in [4.78, 5) is 12.8. The van der Waals surface area contributed by atoms with Gasteiger partial charge in [-0.05, 0) is 5.56 Å². The topological polar surface area (TPSA) is 20.3 Å². The molecule has 0 aliphatic carbocycles. The molecule has 1 rings (SSSR count). The number of hydrogen-bond acceptors (Lipinski definition) is 1. The molecule has 1 aromatic rings. The summed E-state index contributed by atoms with van der Waals surface area (Å²) in [5, 5.41) is 0. The molecule has 0 heterocycles. The Kier molecular flexibility index (Phi) is 4.45. The number of nitrogens with zero attached hydrogens (tertiary/aromatic N) is 1. The number of carbonyl (C=O) groups is 1. The Labute approximate surface area is 94.7 Å². The van der Waals surface area contributed by atoms with E-state index in [0.29, 0.717) is 13.1 Å². The fourth-order valence-corrected chi connectivity index (χ4v) is 1.35. The van der Waals surface area contributed by atoms with Crippen molar-refractivity contribution in [2.75, 3.05) is 6.54 Å². The molecule has 84 valence electrons. The Morgan fingerprint density at radius 3 is 2.50 bits per heavy atom. The van der Waals surface area contributed by atoms with Crippen LogP contribution < -0.4 is 0 Å². The number of rotatable bonds is 5. The standard InChI is InChI=1S/C13H14FNO/c1-3-9-15(13(16)11(2)14)10-12-7-5-4-6-8-12/h3-8H,1-2,9-10H2. The van der Waals surface area contributed by atoms with Crippen molar-refractivity contribution in [3.63, 3.8) is 0 Å². The van der Waals surface area contributed by atoms with E-state index in [1.165, 1.54) is 4.90 Å². The minimum absolute atomic E-state index is 0.302. The second-order valence-electron chi connectivity index (χ2n) is 3.36. The Morgan fingerprint density at radius 2 is 2.00 bits per heavy atom. The van der Waals surface area contributed by atoms with Crippen molar-refractivity contribution in [3.8, 4) is 0 Å². The maximum atomic E-state index is 12.8. The molecule has 0 aliphatic heterocycles. The van der Waals surface area contributed by atoms with Gasteiger partial charge >= 0.3 is 0 Å². The van der Waals surface area contributed by atoms with E-state index in [1.807, 2.05) is 30.3 Å². The Bertz CT molecular complexity index is 386. The van der Waals surface area contributed by atoms with E-state index in [4.69, 9.17) is 0 Å². The Balaban J connectivity index is 2.76. The van der Waals surface area contributed by atoms with E-state index < -0.39 is 11.7 Å². The molecule has 0 radical (unpaired) electrons. The molecule has 0 aliphatic rings. The van der Waals surface area contributed by atoms with Gasteiger partial charge in [0.05, 0.1) is 0 Å². The highest BCUT2D eigenvalue weighted by atomic mass is 19.1. The summed E-state index contributed by atoms with van der Waals surface area (Å²) in [6, 6.07) is 9.39. The van der Waals surface area contributed by atoms with Crippen LogP contribution in [0.25, 0.3) is 0 Å². The molecular weight excluding hydrogens is 205 g/mol. The first-order valence-corrected chi connectivity index (χ1v) is 4.93. The first kappa shape index (κ1) is 12.2. The SMILES string of the molecule is C=CCN(Cc1ccccc1)C(=O)C(=C)F. The van der Waals surface area contributed by atoms with E-state index >= 15 is 0 Å². The quantitative estimate of drug-likeness (QED) is 0.550. The van der Waals surface area contributed by atoms with E-state index in [2.05, 4.69) is 13.2 Å². The van der Waals surface area contributed by atoms with Gasteiger partial charge in [0.1, 0.15) is 0 Å². The van der Waals surface area contributed by atoms with Gasteiger partial charge in [-0.2, -0.15) is 0 Å². The molecule has 3 heteroatoms. The smallest absolute Gasteiger partial charge is 0.282 e. The molecule has 0 atom stereocenters. The van der Waals surface area contributed by atoms with Crippen LogP contribution in [0.4, 0.5) is 4.39 Å². The molecule has 0 N–H and O–H groups in total. The summed E-state index contributed by atoms with van der Waals surface area (Å²) >= 11 is 0. The van der Waals surface area contributed by atoms with Crippen molar-refractivity contribution in [1.29, 1.82) is 0 Å². The van der Waals surface area contributed by atoms with E-state index in [9.17, 15) is 9.18 Å². The van der Waals surface area contributed by atoms with E-state index in [0.717, 1.165) is 5.56 Å². The summed E-state index contributed by atoms with van der Waals surface area (Å²) < 4.78 is 12.8. The fourth-order valence-electron chi connectivity index (χ4n) is 1.35. The molecule has 0 unspecified atom stereocenters. The highest BCUT2D eigenvalue weighted by Crippen LogP contribution is 2.08. The third kappa shape index (κ3) is 3.35. The second-order valence-corrected chi connectivity index (χ2v) is 3.36. The van der Waals surface area contributed by atoms with Gasteiger partial charge in [0.2, 0.25) is 0 Å². The van der Waals surface area contributed by atoms with Gasteiger partial charge in [0, 0.05) is 13.1 Å². The van der Waals surface area contributed by atoms with Crippen LogP contribution in [-0.4, -0.2) is 17.4 Å². The van der Waals surface area contributed by atoms with Crippen molar-refractivity contribution in [3.05, 3.63) is 61.0 Å². The minimum Gasteiger partial charge on any atom is -0.329 e. The first-order valence-electron chi connectivity index (χ1n) is 4.93. The van der Waals surface area contributed by atoms with Gasteiger partial charge < -0.3 is 4.90 Å². The van der Waals surface area contributed by atoms with Gasteiger partial charge in [-0.3, -0.25) is 4.79 Å². The lowest BCUT2D eigenvalue weighted by Crippen LogP contribution is -2.30. The molecule has 0 spiro atoms. The van der Waals surface area contributed by atoms with Crippen LogP contribution in [-0.2, 0) is 11.3 Å². The predicted octanol–water partition coefficient (Wildman–Crippen LogP) is 2.68. The Morgan fingerprint density at radius 1 is 1.38 bits per heavy atom. The van der Waals surface area contributed by atoms with Crippen molar-refractivity contribution in [2.45, 2.75) is 6.54 Å². The van der Waals surface area contributed by atoms with Crippen LogP contribution >= 0.6 is 0 Å². The zero-order valence-electron chi connectivity index (χ0n) is 9.03. The highest BCUT2D eigenvalue weighted by Gasteiger charge is 2.15. The molecule has 0 saturated heterocycles. The normalized spacial score (nSPS) is 9.56. The number of benzene rings is 1. The number of carbonyl (C=O) groups excluding carboxylic acids is 1. The number of hydrogen-bond donors (Lipinski definition) is 0. The molecule has 0 aromatic heterocycles. The molecule has 0 saturated carbocycles. The molecular formula is C13H14FNO. The van der Waals surface area contributed by atoms with Crippen molar-refractivity contribution >= 4 is 5.91 Å². The fraction of sp³-hybridized carbons (Fsp3) is 0.154. The van der Waals surface area contributed by atoms with Crippen molar-refractivity contribution in [2.24, 2.45) is 0 Å². The molecule has 1 amide bonds. The lowest BCUT2D eigenvalue weighted by Gasteiger charge is -2.19. The summed E-state index contributed by atoms with van der Waals surface area (Å²) in [5.41, 5.74) is 0.943. The average Bonchev–Trinajstić information content (AvgIpc) is 2.29. The van der Waals surface area contributed by atoms with Crippen LogP contribution in [0.15, 0.2) is 55.4 Å². The molecule has 0 fully saturated rings. The van der Waals surface area contributed by atoms with Gasteiger partial charge in [-0.1, -0.05) is 43.0 Å². The Hall–Kier alpha value is -1.90. The van der Waals surface area contributed by atoms with Crippen LogP contribution in [0.2, 0.25) is 0 Å². The van der Waals surface area contributed by atoms with Crippen LogP contribution in [0.1, 0.15) is 5.56 Å². The van der Waals surface area contributed by atoms with Gasteiger partial charge in [0.15, 0.2) is 5.83 Å². The highest BCUT2D eigenvalue weighted by molar-refractivity contribution is 5.90. The van der Waals surface area contributed by atoms with Crippen molar-refractivity contribution in [1.82, 2.24) is 4.90 Å². The van der Waals surface area contributed by atoms with E-state index in [1.54, 1.807) is 6.08 Å². The summed E-state index contributed by atoms with van der Waals surface area (Å²) in [5.74, 6) is -1.64. The summed E-state index contributed by atoms with van der Waals surface area (Å²) in [6.07, 6.45) is 1.56. The average molecular weight is 219 g/mol. The summed E-state index contributed by atoms with van der Waals surface area (Å²) in [6.45, 7) is 7.20. The monoisotopic (exact) mass is 219 g/mol. The maximum Gasteiger partial charge on any atom is 0.282 e. The van der Waals surface area contributed by atoms with Gasteiger partial charge in [-0.25, -0.2) is 4.39 Å². The minimum atomic E-state index is -0.946. The van der Waals surface area contributed by atoms with Crippen LogP contribution in [0.5, 0.6) is 0 Å². The van der Waals surface area contributed by atoms with Crippen LogP contribution in [0.3, 0.4) is 0 Å². The molecule has 16 heavy (non-hydrogen) atoms. The largest absolute Gasteiger partial charge is 0.329 e. The lowest BCUT2D eigenvalue weighted by atomic mass is 10.2. The maximum absolute atomic E-state index is 12.8. The first-order chi connectivity index (χ1) is 7.65. The number of halogens is 1. The van der Waals surface area contributed by atoms with Gasteiger partial charge in [0.25, 0.3) is 5.91 Å². The van der Waals surface area contributed by atoms with Crippen LogP contribution in [0, 0.1) is 0 Å². The third-order valence-corrected chi connectivity index (χ3v) is 2.09. The predicted molar refractivity (Wildman–Crippen MR) is 62.3 cm³/mol. The molecule has 1 aromatic carbocycles. The van der Waals surface area contributed by atoms with E-state index in [-0.39, 0.29) is 0 Å². The van der Waals surface area contributed by atoms with Gasteiger partial charge in [-0.15, -0.1) is 6.58 Å². The summed E-state index contributed by atoms with van der Waals surface area (Å²) in [7, 11) is 0. The zero-order chi connectivity index (χ0) is 12.0. The molecule has 0 bridgehead atoms. The zero-order valence-corrected chi connectivity index (χ0v) is 9.03. The van der Waals surface area contributed by atoms with Crippen molar-refractivity contribution < 1.29 is 9.18 Å². The second kappa shape index (κ2) is 5.85. The number of amides is 1. The lowest BCUT2D eigenvalue weighted by molar-refractivity contribution is -0.128. The molecule has 2 nitrogen and oxygen atoms in total.